The molecule has 112 valence electrons. The molecule has 1 amide bonds. The number of hydrogen-bond donors (Lipinski definition) is 1. The summed E-state index contributed by atoms with van der Waals surface area (Å²) in [6.45, 7) is 4.06. The minimum atomic E-state index is -0.237. The van der Waals surface area contributed by atoms with Crippen LogP contribution in [0.1, 0.15) is 38.3 Å². The lowest BCUT2D eigenvalue weighted by Crippen LogP contribution is -2.11. The van der Waals surface area contributed by atoms with Gasteiger partial charge in [-0.25, -0.2) is 4.39 Å². The van der Waals surface area contributed by atoms with E-state index in [9.17, 15) is 9.18 Å². The van der Waals surface area contributed by atoms with Crippen LogP contribution in [0.3, 0.4) is 0 Å². The SMILES string of the molecule is CC(C)n1cc(NC(=O)CCCc2ccc(F)cc2)cn1. The van der Waals surface area contributed by atoms with Crippen LogP contribution >= 0.6 is 0 Å². The summed E-state index contributed by atoms with van der Waals surface area (Å²) in [5.41, 5.74) is 1.76. The van der Waals surface area contributed by atoms with Crippen LogP contribution in [0.15, 0.2) is 36.7 Å². The molecule has 0 aliphatic carbocycles. The van der Waals surface area contributed by atoms with E-state index in [4.69, 9.17) is 0 Å². The number of aryl methyl sites for hydroxylation is 1. The van der Waals surface area contributed by atoms with E-state index >= 15 is 0 Å². The molecule has 0 spiro atoms. The molecule has 21 heavy (non-hydrogen) atoms. The number of hydrogen-bond acceptors (Lipinski definition) is 2. The van der Waals surface area contributed by atoms with E-state index in [0.717, 1.165) is 24.1 Å². The Morgan fingerprint density at radius 3 is 2.67 bits per heavy atom. The maximum atomic E-state index is 12.8. The molecule has 1 N–H and O–H groups in total. The third kappa shape index (κ3) is 4.70. The summed E-state index contributed by atoms with van der Waals surface area (Å²) in [6.07, 6.45) is 5.40. The van der Waals surface area contributed by atoms with Crippen molar-refractivity contribution in [2.75, 3.05) is 5.32 Å². The number of benzene rings is 1. The number of carbonyl (C=O) groups is 1. The van der Waals surface area contributed by atoms with Gasteiger partial charge in [0.2, 0.25) is 5.91 Å². The lowest BCUT2D eigenvalue weighted by atomic mass is 10.1. The minimum Gasteiger partial charge on any atom is -0.323 e. The number of nitrogens with one attached hydrogen (secondary N) is 1. The van der Waals surface area contributed by atoms with E-state index in [2.05, 4.69) is 10.4 Å². The number of aromatic nitrogens is 2. The number of amides is 1. The Hall–Kier alpha value is -2.17. The van der Waals surface area contributed by atoms with Crippen LogP contribution in [0.2, 0.25) is 0 Å². The van der Waals surface area contributed by atoms with E-state index in [1.165, 1.54) is 12.1 Å². The van der Waals surface area contributed by atoms with Crippen molar-refractivity contribution in [2.24, 2.45) is 0 Å². The van der Waals surface area contributed by atoms with Gasteiger partial charge >= 0.3 is 0 Å². The zero-order valence-electron chi connectivity index (χ0n) is 12.3. The van der Waals surface area contributed by atoms with Gasteiger partial charge in [0.25, 0.3) is 0 Å². The molecule has 0 aliphatic rings. The number of rotatable bonds is 6. The quantitative estimate of drug-likeness (QED) is 0.883. The topological polar surface area (TPSA) is 46.9 Å². The smallest absolute Gasteiger partial charge is 0.224 e. The van der Waals surface area contributed by atoms with E-state index in [-0.39, 0.29) is 17.8 Å². The van der Waals surface area contributed by atoms with Gasteiger partial charge in [-0.3, -0.25) is 9.48 Å². The van der Waals surface area contributed by atoms with Gasteiger partial charge in [0.15, 0.2) is 0 Å². The van der Waals surface area contributed by atoms with Gasteiger partial charge in [-0.15, -0.1) is 0 Å². The highest BCUT2D eigenvalue weighted by Gasteiger charge is 2.06. The van der Waals surface area contributed by atoms with Gasteiger partial charge in [-0.05, 0) is 44.4 Å². The first-order chi connectivity index (χ1) is 10.0. The van der Waals surface area contributed by atoms with Crippen molar-refractivity contribution in [2.45, 2.75) is 39.2 Å². The Bertz CT molecular complexity index is 590. The van der Waals surface area contributed by atoms with Crippen LogP contribution in [0, 0.1) is 5.82 Å². The van der Waals surface area contributed by atoms with Crippen molar-refractivity contribution < 1.29 is 9.18 Å². The predicted octanol–water partition coefficient (Wildman–Crippen LogP) is 3.56. The molecule has 1 aromatic carbocycles. The standard InChI is InChI=1S/C16H20FN3O/c1-12(2)20-11-15(10-18-20)19-16(21)5-3-4-13-6-8-14(17)9-7-13/h6-12H,3-5H2,1-2H3,(H,19,21). The van der Waals surface area contributed by atoms with Crippen LogP contribution in [-0.4, -0.2) is 15.7 Å². The second-order valence-corrected chi connectivity index (χ2v) is 5.33. The predicted molar refractivity (Wildman–Crippen MR) is 80.6 cm³/mol. The van der Waals surface area contributed by atoms with Crippen molar-refractivity contribution in [3.63, 3.8) is 0 Å². The average molecular weight is 289 g/mol. The highest BCUT2D eigenvalue weighted by molar-refractivity contribution is 5.90. The van der Waals surface area contributed by atoms with Crippen LogP contribution in [-0.2, 0) is 11.2 Å². The fraction of sp³-hybridized carbons (Fsp3) is 0.375. The number of nitrogens with zero attached hydrogens (tertiary/aromatic N) is 2. The summed E-state index contributed by atoms with van der Waals surface area (Å²) in [7, 11) is 0. The zero-order valence-corrected chi connectivity index (χ0v) is 12.3. The molecular formula is C16H20FN3O. The minimum absolute atomic E-state index is 0.0274. The van der Waals surface area contributed by atoms with Crippen molar-refractivity contribution >= 4 is 11.6 Å². The molecule has 0 radical (unpaired) electrons. The monoisotopic (exact) mass is 289 g/mol. The molecule has 2 aromatic rings. The summed E-state index contributed by atoms with van der Waals surface area (Å²) in [5.74, 6) is -0.265. The fourth-order valence-corrected chi connectivity index (χ4v) is 2.01. The van der Waals surface area contributed by atoms with Gasteiger partial charge in [0, 0.05) is 18.7 Å². The number of halogens is 1. The van der Waals surface area contributed by atoms with Gasteiger partial charge in [0.1, 0.15) is 5.82 Å². The highest BCUT2D eigenvalue weighted by atomic mass is 19.1. The summed E-state index contributed by atoms with van der Waals surface area (Å²) in [5, 5.41) is 7.00. The molecule has 0 fully saturated rings. The van der Waals surface area contributed by atoms with Gasteiger partial charge in [0.05, 0.1) is 11.9 Å². The first-order valence-corrected chi connectivity index (χ1v) is 7.13. The Balaban J connectivity index is 1.75. The fourth-order valence-electron chi connectivity index (χ4n) is 2.01. The third-order valence-corrected chi connectivity index (χ3v) is 3.20. The van der Waals surface area contributed by atoms with E-state index < -0.39 is 0 Å². The maximum absolute atomic E-state index is 12.8. The van der Waals surface area contributed by atoms with Crippen molar-refractivity contribution in [1.29, 1.82) is 0 Å². The summed E-state index contributed by atoms with van der Waals surface area (Å²) < 4.78 is 14.6. The van der Waals surface area contributed by atoms with Crippen molar-refractivity contribution in [1.82, 2.24) is 9.78 Å². The third-order valence-electron chi connectivity index (χ3n) is 3.20. The molecule has 1 aromatic heterocycles. The normalized spacial score (nSPS) is 10.9. The molecule has 0 atom stereocenters. The molecule has 0 saturated heterocycles. The molecule has 2 rings (SSSR count). The Morgan fingerprint density at radius 1 is 1.33 bits per heavy atom. The van der Waals surface area contributed by atoms with Crippen LogP contribution in [0.5, 0.6) is 0 Å². The summed E-state index contributed by atoms with van der Waals surface area (Å²) >= 11 is 0. The number of carbonyl (C=O) groups excluding carboxylic acids is 1. The largest absolute Gasteiger partial charge is 0.323 e. The van der Waals surface area contributed by atoms with Crippen molar-refractivity contribution in [3.05, 3.63) is 48.0 Å². The van der Waals surface area contributed by atoms with Crippen LogP contribution in [0.25, 0.3) is 0 Å². The molecule has 0 bridgehead atoms. The molecule has 0 aliphatic heterocycles. The maximum Gasteiger partial charge on any atom is 0.224 e. The lowest BCUT2D eigenvalue weighted by molar-refractivity contribution is -0.116. The first kappa shape index (κ1) is 15.2. The molecular weight excluding hydrogens is 269 g/mol. The van der Waals surface area contributed by atoms with Crippen LogP contribution < -0.4 is 5.32 Å². The Labute approximate surface area is 124 Å². The highest BCUT2D eigenvalue weighted by Crippen LogP contribution is 2.11. The van der Waals surface area contributed by atoms with E-state index in [0.29, 0.717) is 6.42 Å². The summed E-state index contributed by atoms with van der Waals surface area (Å²) in [6, 6.07) is 6.65. The van der Waals surface area contributed by atoms with Gasteiger partial charge in [-0.2, -0.15) is 5.10 Å². The zero-order chi connectivity index (χ0) is 15.2. The van der Waals surface area contributed by atoms with Crippen molar-refractivity contribution in [3.8, 4) is 0 Å². The second kappa shape index (κ2) is 7.02. The first-order valence-electron chi connectivity index (χ1n) is 7.13. The number of anilines is 1. The second-order valence-electron chi connectivity index (χ2n) is 5.33. The van der Waals surface area contributed by atoms with E-state index in [1.54, 1.807) is 23.0 Å². The Kier molecular flexibility index (Phi) is 5.09. The summed E-state index contributed by atoms with van der Waals surface area (Å²) in [4.78, 5) is 11.8. The molecule has 4 nitrogen and oxygen atoms in total. The molecule has 5 heteroatoms. The van der Waals surface area contributed by atoms with E-state index in [1.807, 2.05) is 20.0 Å². The molecule has 0 unspecified atom stereocenters. The lowest BCUT2D eigenvalue weighted by Gasteiger charge is -2.04. The van der Waals surface area contributed by atoms with Gasteiger partial charge in [-0.1, -0.05) is 12.1 Å². The average Bonchev–Trinajstić information content (AvgIpc) is 2.90. The molecule has 0 saturated carbocycles. The molecule has 1 heterocycles. The van der Waals surface area contributed by atoms with Gasteiger partial charge < -0.3 is 5.32 Å². The Morgan fingerprint density at radius 2 is 2.05 bits per heavy atom. The van der Waals surface area contributed by atoms with Crippen LogP contribution in [0.4, 0.5) is 10.1 Å².